The van der Waals surface area contributed by atoms with Gasteiger partial charge in [0, 0.05) is 6.20 Å². The van der Waals surface area contributed by atoms with Crippen molar-refractivity contribution < 1.29 is 19.4 Å². The monoisotopic (exact) mass is 328 g/mol. The number of hydrogen-bond donors (Lipinski definition) is 2. The zero-order valence-corrected chi connectivity index (χ0v) is 13.4. The summed E-state index contributed by atoms with van der Waals surface area (Å²) in [6.07, 6.45) is 1.82. The number of esters is 1. The molecule has 2 aromatic rings. The van der Waals surface area contributed by atoms with Crippen LogP contribution < -0.4 is 5.32 Å². The van der Waals surface area contributed by atoms with Gasteiger partial charge in [0.05, 0.1) is 24.8 Å². The third-order valence-corrected chi connectivity index (χ3v) is 3.39. The van der Waals surface area contributed by atoms with Gasteiger partial charge in [-0.15, -0.1) is 0 Å². The van der Waals surface area contributed by atoms with E-state index in [1.165, 1.54) is 18.3 Å². The van der Waals surface area contributed by atoms with Crippen molar-refractivity contribution in [3.63, 3.8) is 0 Å². The summed E-state index contributed by atoms with van der Waals surface area (Å²) in [6, 6.07) is 12.1. The van der Waals surface area contributed by atoms with Crippen LogP contribution in [0.4, 0.5) is 0 Å². The molecule has 0 bridgehead atoms. The minimum Gasteiger partial charge on any atom is -0.462 e. The zero-order chi connectivity index (χ0) is 17.4. The predicted molar refractivity (Wildman–Crippen MR) is 88.7 cm³/mol. The first kappa shape index (κ1) is 17.6. The fourth-order valence-corrected chi connectivity index (χ4v) is 2.18. The van der Waals surface area contributed by atoms with Gasteiger partial charge in [0.15, 0.2) is 0 Å². The van der Waals surface area contributed by atoms with Crippen molar-refractivity contribution in [3.05, 3.63) is 65.5 Å². The highest BCUT2D eigenvalue weighted by Gasteiger charge is 2.15. The molecule has 0 aliphatic rings. The van der Waals surface area contributed by atoms with E-state index in [0.717, 1.165) is 5.56 Å². The fourth-order valence-electron chi connectivity index (χ4n) is 2.18. The summed E-state index contributed by atoms with van der Waals surface area (Å²) < 4.78 is 4.86. The van der Waals surface area contributed by atoms with Crippen molar-refractivity contribution in [2.75, 3.05) is 13.2 Å². The molecule has 1 atom stereocenters. The number of aromatic nitrogens is 1. The number of aliphatic hydroxyl groups excluding tert-OH is 1. The summed E-state index contributed by atoms with van der Waals surface area (Å²) >= 11 is 0. The summed E-state index contributed by atoms with van der Waals surface area (Å²) in [7, 11) is 0. The lowest BCUT2D eigenvalue weighted by Gasteiger charge is -2.16. The number of amides is 1. The van der Waals surface area contributed by atoms with Crippen molar-refractivity contribution in [1.82, 2.24) is 10.3 Å². The average molecular weight is 328 g/mol. The number of aliphatic hydroxyl groups is 1. The van der Waals surface area contributed by atoms with E-state index >= 15 is 0 Å². The van der Waals surface area contributed by atoms with Gasteiger partial charge in [-0.3, -0.25) is 9.78 Å². The molecule has 1 heterocycles. The molecular formula is C18H20N2O4. The summed E-state index contributed by atoms with van der Waals surface area (Å²) in [5.41, 5.74) is 1.48. The molecule has 0 unspecified atom stereocenters. The largest absolute Gasteiger partial charge is 0.462 e. The van der Waals surface area contributed by atoms with Crippen LogP contribution in [0.15, 0.2) is 48.7 Å². The summed E-state index contributed by atoms with van der Waals surface area (Å²) in [4.78, 5) is 27.7. The molecule has 24 heavy (non-hydrogen) atoms. The second-order valence-electron chi connectivity index (χ2n) is 5.20. The number of carbonyl (C=O) groups is 2. The molecule has 2 N–H and O–H groups in total. The second kappa shape index (κ2) is 8.79. The topological polar surface area (TPSA) is 88.5 Å². The Kier molecular flexibility index (Phi) is 6.45. The van der Waals surface area contributed by atoms with Gasteiger partial charge in [0.25, 0.3) is 5.91 Å². The van der Waals surface area contributed by atoms with Crippen LogP contribution >= 0.6 is 0 Å². The third-order valence-electron chi connectivity index (χ3n) is 3.39. The standard InChI is InChI=1S/C18H20N2O4/c1-2-24-18(23)14-8-9-16(19-11-14)17(22)20-15(12-21)10-13-6-4-3-5-7-13/h3-9,11,15,21H,2,10,12H2,1H3,(H,20,22)/t15-/m0/s1. The number of hydrogen-bond acceptors (Lipinski definition) is 5. The molecule has 1 aromatic carbocycles. The molecule has 0 saturated carbocycles. The van der Waals surface area contributed by atoms with Crippen molar-refractivity contribution >= 4 is 11.9 Å². The fraction of sp³-hybridized carbons (Fsp3) is 0.278. The second-order valence-corrected chi connectivity index (χ2v) is 5.20. The number of nitrogens with zero attached hydrogens (tertiary/aromatic N) is 1. The van der Waals surface area contributed by atoms with E-state index in [1.54, 1.807) is 6.92 Å². The molecule has 2 rings (SSSR count). The Morgan fingerprint density at radius 1 is 1.21 bits per heavy atom. The minimum absolute atomic E-state index is 0.176. The van der Waals surface area contributed by atoms with Gasteiger partial charge in [0.1, 0.15) is 5.69 Å². The molecule has 0 aliphatic heterocycles. The Morgan fingerprint density at radius 2 is 1.96 bits per heavy atom. The molecule has 0 radical (unpaired) electrons. The molecule has 0 aliphatic carbocycles. The third kappa shape index (κ3) is 4.89. The Bertz CT molecular complexity index is 671. The first-order chi connectivity index (χ1) is 11.6. The lowest BCUT2D eigenvalue weighted by atomic mass is 10.1. The SMILES string of the molecule is CCOC(=O)c1ccc(C(=O)N[C@H](CO)Cc2ccccc2)nc1. The minimum atomic E-state index is -0.478. The molecule has 6 nitrogen and oxygen atoms in total. The van der Waals surface area contributed by atoms with Crippen LogP contribution in [0, 0.1) is 0 Å². The van der Waals surface area contributed by atoms with Crippen LogP contribution in [0.3, 0.4) is 0 Å². The number of pyridine rings is 1. The molecule has 1 amide bonds. The highest BCUT2D eigenvalue weighted by atomic mass is 16.5. The maximum Gasteiger partial charge on any atom is 0.339 e. The number of ether oxygens (including phenoxy) is 1. The van der Waals surface area contributed by atoms with E-state index in [2.05, 4.69) is 10.3 Å². The highest BCUT2D eigenvalue weighted by molar-refractivity contribution is 5.94. The summed E-state index contributed by atoms with van der Waals surface area (Å²) in [5, 5.41) is 12.2. The van der Waals surface area contributed by atoms with Crippen LogP contribution in [0.25, 0.3) is 0 Å². The Labute approximate surface area is 140 Å². The van der Waals surface area contributed by atoms with Crippen molar-refractivity contribution in [2.45, 2.75) is 19.4 Å². The van der Waals surface area contributed by atoms with Crippen LogP contribution in [0.1, 0.15) is 33.3 Å². The Hall–Kier alpha value is -2.73. The Balaban J connectivity index is 1.98. The first-order valence-electron chi connectivity index (χ1n) is 7.72. The molecule has 1 aromatic heterocycles. The normalized spacial score (nSPS) is 11.6. The lowest BCUT2D eigenvalue weighted by molar-refractivity contribution is 0.0525. The van der Waals surface area contributed by atoms with Crippen molar-refractivity contribution in [1.29, 1.82) is 0 Å². The number of benzene rings is 1. The molecule has 126 valence electrons. The van der Waals surface area contributed by atoms with Gasteiger partial charge in [-0.25, -0.2) is 4.79 Å². The zero-order valence-electron chi connectivity index (χ0n) is 13.4. The number of nitrogens with one attached hydrogen (secondary N) is 1. The number of carbonyl (C=O) groups excluding carboxylic acids is 2. The van der Waals surface area contributed by atoms with Crippen LogP contribution in [-0.4, -0.2) is 41.2 Å². The smallest absolute Gasteiger partial charge is 0.339 e. The highest BCUT2D eigenvalue weighted by Crippen LogP contribution is 2.06. The quantitative estimate of drug-likeness (QED) is 0.754. The predicted octanol–water partition coefficient (Wildman–Crippen LogP) is 1.59. The van der Waals surface area contributed by atoms with E-state index in [9.17, 15) is 14.7 Å². The van der Waals surface area contributed by atoms with Gasteiger partial charge in [-0.2, -0.15) is 0 Å². The van der Waals surface area contributed by atoms with Crippen molar-refractivity contribution in [3.8, 4) is 0 Å². The first-order valence-corrected chi connectivity index (χ1v) is 7.72. The Morgan fingerprint density at radius 3 is 2.54 bits per heavy atom. The maximum absolute atomic E-state index is 12.2. The van der Waals surface area contributed by atoms with Gasteiger partial charge < -0.3 is 15.2 Å². The molecule has 0 fully saturated rings. The number of rotatable bonds is 7. The average Bonchev–Trinajstić information content (AvgIpc) is 2.62. The van der Waals surface area contributed by atoms with E-state index in [1.807, 2.05) is 30.3 Å². The molecule has 0 saturated heterocycles. The summed E-state index contributed by atoms with van der Waals surface area (Å²) in [5.74, 6) is -0.880. The molecule has 6 heteroatoms. The van der Waals surface area contributed by atoms with Gasteiger partial charge in [-0.05, 0) is 31.0 Å². The summed E-state index contributed by atoms with van der Waals surface area (Å²) in [6.45, 7) is 1.81. The van der Waals surface area contributed by atoms with Crippen LogP contribution in [0.2, 0.25) is 0 Å². The van der Waals surface area contributed by atoms with Gasteiger partial charge in [0.2, 0.25) is 0 Å². The van der Waals surface area contributed by atoms with E-state index < -0.39 is 17.9 Å². The van der Waals surface area contributed by atoms with Crippen molar-refractivity contribution in [2.24, 2.45) is 0 Å². The molecular weight excluding hydrogens is 308 g/mol. The van der Waals surface area contributed by atoms with E-state index in [0.29, 0.717) is 6.42 Å². The van der Waals surface area contributed by atoms with E-state index in [-0.39, 0.29) is 24.5 Å². The lowest BCUT2D eigenvalue weighted by Crippen LogP contribution is -2.39. The molecule has 0 spiro atoms. The maximum atomic E-state index is 12.2. The van der Waals surface area contributed by atoms with Gasteiger partial charge in [-0.1, -0.05) is 30.3 Å². The van der Waals surface area contributed by atoms with Crippen LogP contribution in [0.5, 0.6) is 0 Å². The van der Waals surface area contributed by atoms with Gasteiger partial charge >= 0.3 is 5.97 Å². The van der Waals surface area contributed by atoms with Crippen LogP contribution in [-0.2, 0) is 11.2 Å². The van der Waals surface area contributed by atoms with E-state index in [4.69, 9.17) is 4.74 Å².